The molecule has 8 nitrogen and oxygen atoms in total. The largest absolute Gasteiger partial charge is 0.373 e. The highest BCUT2D eigenvalue weighted by atomic mass is 32.2. The summed E-state index contributed by atoms with van der Waals surface area (Å²) in [6, 6.07) is 20.8. The van der Waals surface area contributed by atoms with Gasteiger partial charge in [0.15, 0.2) is 0 Å². The first-order chi connectivity index (χ1) is 20.1. The molecule has 1 unspecified atom stereocenters. The van der Waals surface area contributed by atoms with Gasteiger partial charge in [0.1, 0.15) is 10.7 Å². The molecule has 2 aliphatic rings. The van der Waals surface area contributed by atoms with Crippen LogP contribution in [0.15, 0.2) is 90.2 Å². The van der Waals surface area contributed by atoms with Crippen molar-refractivity contribution >= 4 is 20.9 Å². The molecule has 3 aromatic carbocycles. The fourth-order valence-electron chi connectivity index (χ4n) is 7.37. The van der Waals surface area contributed by atoms with E-state index in [0.29, 0.717) is 25.9 Å². The monoisotopic (exact) mass is 585 g/mol. The van der Waals surface area contributed by atoms with Crippen molar-refractivity contribution in [2.24, 2.45) is 13.0 Å². The maximum absolute atomic E-state index is 13.8. The summed E-state index contributed by atoms with van der Waals surface area (Å²) in [5, 5.41) is 9.69. The predicted octanol–water partition coefficient (Wildman–Crippen LogP) is 5.10. The zero-order chi connectivity index (χ0) is 29.3. The van der Waals surface area contributed by atoms with Gasteiger partial charge in [-0.25, -0.2) is 17.5 Å². The summed E-state index contributed by atoms with van der Waals surface area (Å²) in [6.07, 6.45) is 6.13. The Morgan fingerprint density at radius 1 is 1.02 bits per heavy atom. The van der Waals surface area contributed by atoms with Gasteiger partial charge in [0.2, 0.25) is 10.0 Å². The number of hydrogen-bond donors (Lipinski definition) is 0. The summed E-state index contributed by atoms with van der Waals surface area (Å²) in [4.78, 5) is 0.203. The van der Waals surface area contributed by atoms with Gasteiger partial charge < -0.3 is 4.74 Å². The summed E-state index contributed by atoms with van der Waals surface area (Å²) in [5.41, 5.74) is 3.91. The Morgan fingerprint density at radius 2 is 1.79 bits per heavy atom. The van der Waals surface area contributed by atoms with Crippen molar-refractivity contribution in [1.82, 2.24) is 23.9 Å². The molecule has 0 amide bonds. The molecule has 2 aromatic heterocycles. The second-order valence-electron chi connectivity index (χ2n) is 11.7. The number of halogens is 1. The Hall–Kier alpha value is -3.86. The third-order valence-corrected chi connectivity index (χ3v) is 11.1. The van der Waals surface area contributed by atoms with Gasteiger partial charge >= 0.3 is 0 Å². The molecule has 1 saturated carbocycles. The topological polar surface area (TPSA) is 82.2 Å². The molecule has 0 spiro atoms. The number of hydrogen-bond acceptors (Lipinski definition) is 5. The highest BCUT2D eigenvalue weighted by Gasteiger charge is 2.62. The van der Waals surface area contributed by atoms with Crippen LogP contribution in [0.4, 0.5) is 4.39 Å². The lowest BCUT2D eigenvalue weighted by molar-refractivity contribution is -0.0183. The van der Waals surface area contributed by atoms with Crippen LogP contribution < -0.4 is 0 Å². The number of aromatic nitrogens is 4. The van der Waals surface area contributed by atoms with Crippen molar-refractivity contribution < 1.29 is 17.5 Å². The Morgan fingerprint density at radius 3 is 2.48 bits per heavy atom. The molecule has 10 heteroatoms. The molecule has 0 radical (unpaired) electrons. The highest BCUT2D eigenvalue weighted by molar-refractivity contribution is 7.89. The standard InChI is InChI=1S/C32H32FN5O3S/c1-22-13-30-23(16-35-38(30)27-11-9-26(33)10-12-27)14-29(22)31-20-32(41-3,24-7-5-4-6-8-24)15-25(31)18-37(21-31)42(39,40)28-17-34-36(2)19-28/h4-14,16-17,19,25H,15,18,20-21H2,1-3H3/t25-,31?,32+/m1/s1. The molecule has 1 aliphatic heterocycles. The first kappa shape index (κ1) is 27.0. The number of benzene rings is 3. The van der Waals surface area contributed by atoms with Crippen LogP contribution in [0.2, 0.25) is 0 Å². The maximum Gasteiger partial charge on any atom is 0.246 e. The number of aryl methyl sites for hydroxylation is 2. The van der Waals surface area contributed by atoms with Crippen LogP contribution in [0.25, 0.3) is 16.6 Å². The lowest BCUT2D eigenvalue weighted by atomic mass is 9.72. The van der Waals surface area contributed by atoms with Crippen LogP contribution >= 0.6 is 0 Å². The van der Waals surface area contributed by atoms with Gasteiger partial charge in [-0.15, -0.1) is 0 Å². The lowest BCUT2D eigenvalue weighted by Crippen LogP contribution is -2.38. The van der Waals surface area contributed by atoms with Gasteiger partial charge in [0.05, 0.1) is 29.2 Å². The van der Waals surface area contributed by atoms with E-state index in [9.17, 15) is 12.8 Å². The van der Waals surface area contributed by atoms with Gasteiger partial charge in [0, 0.05) is 44.2 Å². The molecule has 5 aromatic rings. The van der Waals surface area contributed by atoms with Gasteiger partial charge in [-0.3, -0.25) is 4.68 Å². The zero-order valence-electron chi connectivity index (χ0n) is 23.7. The number of sulfonamides is 1. The second-order valence-corrected chi connectivity index (χ2v) is 13.6. The predicted molar refractivity (Wildman–Crippen MR) is 157 cm³/mol. The average Bonchev–Trinajstić information content (AvgIpc) is 3.75. The fourth-order valence-corrected chi connectivity index (χ4v) is 8.91. The van der Waals surface area contributed by atoms with Gasteiger partial charge in [-0.1, -0.05) is 30.3 Å². The third kappa shape index (κ3) is 4.04. The van der Waals surface area contributed by atoms with E-state index < -0.39 is 21.0 Å². The fraction of sp³-hybridized carbons (Fsp3) is 0.312. The van der Waals surface area contributed by atoms with Gasteiger partial charge in [-0.05, 0) is 78.8 Å². The molecular formula is C32H32FN5O3S. The molecule has 1 aliphatic carbocycles. The Bertz CT molecular complexity index is 1900. The molecule has 3 heterocycles. The van der Waals surface area contributed by atoms with E-state index in [1.807, 2.05) is 29.1 Å². The minimum Gasteiger partial charge on any atom is -0.373 e. The normalized spacial score (nSPS) is 24.4. The average molecular weight is 586 g/mol. The van der Waals surface area contributed by atoms with Crippen molar-refractivity contribution in [3.05, 3.63) is 108 Å². The van der Waals surface area contributed by atoms with Crippen LogP contribution in [0.1, 0.15) is 29.5 Å². The van der Waals surface area contributed by atoms with Crippen molar-refractivity contribution in [3.8, 4) is 5.69 Å². The van der Waals surface area contributed by atoms with Crippen LogP contribution in [-0.2, 0) is 32.8 Å². The van der Waals surface area contributed by atoms with Crippen LogP contribution in [-0.4, -0.2) is 52.5 Å². The first-order valence-electron chi connectivity index (χ1n) is 14.0. The van der Waals surface area contributed by atoms with E-state index in [1.165, 1.54) is 23.0 Å². The molecule has 3 atom stereocenters. The van der Waals surface area contributed by atoms with E-state index in [4.69, 9.17) is 4.74 Å². The molecule has 7 rings (SSSR count). The number of fused-ring (bicyclic) bond motifs is 2. The van der Waals surface area contributed by atoms with Crippen molar-refractivity contribution in [2.45, 2.75) is 35.7 Å². The van der Waals surface area contributed by atoms with Gasteiger partial charge in [-0.2, -0.15) is 14.5 Å². The molecule has 0 N–H and O–H groups in total. The number of rotatable bonds is 6. The molecule has 1 saturated heterocycles. The summed E-state index contributed by atoms with van der Waals surface area (Å²) < 4.78 is 52.6. The van der Waals surface area contributed by atoms with E-state index >= 15 is 0 Å². The third-order valence-electron chi connectivity index (χ3n) is 9.37. The lowest BCUT2D eigenvalue weighted by Gasteiger charge is -2.35. The van der Waals surface area contributed by atoms with Crippen molar-refractivity contribution in [3.63, 3.8) is 0 Å². The Balaban J connectivity index is 1.36. The van der Waals surface area contributed by atoms with E-state index in [0.717, 1.165) is 33.3 Å². The van der Waals surface area contributed by atoms with Crippen molar-refractivity contribution in [2.75, 3.05) is 20.2 Å². The Labute approximate surface area is 244 Å². The molecule has 42 heavy (non-hydrogen) atoms. The van der Waals surface area contributed by atoms with Crippen LogP contribution in [0.5, 0.6) is 0 Å². The minimum atomic E-state index is -3.74. The highest BCUT2D eigenvalue weighted by Crippen LogP contribution is 2.60. The van der Waals surface area contributed by atoms with Gasteiger partial charge in [0.25, 0.3) is 0 Å². The van der Waals surface area contributed by atoms with E-state index in [-0.39, 0.29) is 16.6 Å². The molecular weight excluding hydrogens is 553 g/mol. The summed E-state index contributed by atoms with van der Waals surface area (Å²) in [6.45, 7) is 2.81. The van der Waals surface area contributed by atoms with Crippen LogP contribution in [0.3, 0.4) is 0 Å². The molecule has 216 valence electrons. The number of nitrogens with zero attached hydrogens (tertiary/aromatic N) is 5. The second kappa shape index (κ2) is 9.58. The molecule has 2 fully saturated rings. The summed E-state index contributed by atoms with van der Waals surface area (Å²) >= 11 is 0. The summed E-state index contributed by atoms with van der Waals surface area (Å²) in [7, 11) is -0.266. The number of ether oxygens (including phenoxy) is 1. The van der Waals surface area contributed by atoms with Crippen molar-refractivity contribution in [1.29, 1.82) is 0 Å². The summed E-state index contributed by atoms with van der Waals surface area (Å²) in [5.74, 6) is -0.278. The zero-order valence-corrected chi connectivity index (χ0v) is 24.6. The van der Waals surface area contributed by atoms with E-state index in [1.54, 1.807) is 36.8 Å². The quantitative estimate of drug-likeness (QED) is 0.277. The first-order valence-corrected chi connectivity index (χ1v) is 15.4. The smallest absolute Gasteiger partial charge is 0.246 e. The Kier molecular flexibility index (Phi) is 6.16. The SMILES string of the molecule is CO[C@@]1(c2ccccc2)C[C@@H]2CN(S(=O)(=O)c3cnn(C)c3)CC2(c2cc3cnn(-c4ccc(F)cc4)c3cc2C)C1. The molecule has 0 bridgehead atoms. The maximum atomic E-state index is 13.8. The van der Waals surface area contributed by atoms with Crippen LogP contribution in [0, 0.1) is 18.7 Å². The minimum absolute atomic E-state index is 0.0207. The van der Waals surface area contributed by atoms with E-state index in [2.05, 4.69) is 41.4 Å². The number of methoxy groups -OCH3 is 1.